The van der Waals surface area contributed by atoms with E-state index in [-0.39, 0.29) is 18.3 Å². The van der Waals surface area contributed by atoms with Crippen LogP contribution in [0.4, 0.5) is 4.39 Å². The minimum Gasteiger partial charge on any atom is -0.484 e. The first-order valence-electron chi connectivity index (χ1n) is 9.20. The second-order valence-corrected chi connectivity index (χ2v) is 7.06. The maximum Gasteiger partial charge on any atom is 0.260 e. The number of likely N-dealkylation sites (N-methyl/N-ethyl adjacent to an activating group) is 1. The van der Waals surface area contributed by atoms with Gasteiger partial charge in [0, 0.05) is 44.8 Å². The van der Waals surface area contributed by atoms with E-state index in [0.717, 1.165) is 32.7 Å². The third-order valence-electron chi connectivity index (χ3n) is 5.27. The minimum atomic E-state index is -0.355. The van der Waals surface area contributed by atoms with Gasteiger partial charge in [0.15, 0.2) is 6.61 Å². The molecule has 2 fully saturated rings. The number of carbonyl (C=O) groups excluding carboxylic acids is 1. The summed E-state index contributed by atoms with van der Waals surface area (Å²) in [4.78, 5) is 19.1. The molecule has 0 unspecified atom stereocenters. The Morgan fingerprint density at radius 2 is 2.00 bits per heavy atom. The molecule has 0 bridgehead atoms. The topological polar surface area (TPSA) is 36.0 Å². The van der Waals surface area contributed by atoms with E-state index >= 15 is 0 Å². The molecule has 0 N–H and O–H groups in total. The molecule has 2 aliphatic heterocycles. The molecule has 138 valence electrons. The molecule has 0 aromatic heterocycles. The summed E-state index contributed by atoms with van der Waals surface area (Å²) in [5, 5.41) is 0. The Morgan fingerprint density at radius 3 is 2.72 bits per heavy atom. The highest BCUT2D eigenvalue weighted by molar-refractivity contribution is 5.77. The molecular formula is C19H28FN3O2. The SMILES string of the molecule is CN1CCCC[C@H]1CN1CCN(C(=O)COc2cccc(F)c2)CC1. The van der Waals surface area contributed by atoms with E-state index in [1.54, 1.807) is 12.1 Å². The van der Waals surface area contributed by atoms with Gasteiger partial charge in [0.05, 0.1) is 0 Å². The van der Waals surface area contributed by atoms with Gasteiger partial charge in [-0.15, -0.1) is 0 Å². The molecule has 0 aliphatic carbocycles. The molecule has 2 saturated heterocycles. The molecule has 1 atom stereocenters. The first-order valence-corrected chi connectivity index (χ1v) is 9.20. The van der Waals surface area contributed by atoms with Crippen LogP contribution in [0, 0.1) is 5.82 Å². The summed E-state index contributed by atoms with van der Waals surface area (Å²) >= 11 is 0. The zero-order chi connectivity index (χ0) is 17.6. The van der Waals surface area contributed by atoms with Crippen LogP contribution in [-0.4, -0.2) is 79.6 Å². The third-order valence-corrected chi connectivity index (χ3v) is 5.27. The fraction of sp³-hybridized carbons (Fsp3) is 0.632. The molecule has 0 saturated carbocycles. The average Bonchev–Trinajstić information content (AvgIpc) is 2.62. The number of halogens is 1. The van der Waals surface area contributed by atoms with Crippen molar-refractivity contribution in [1.82, 2.24) is 14.7 Å². The molecule has 3 rings (SSSR count). The van der Waals surface area contributed by atoms with Crippen LogP contribution in [0.2, 0.25) is 0 Å². The van der Waals surface area contributed by atoms with Gasteiger partial charge < -0.3 is 14.5 Å². The van der Waals surface area contributed by atoms with E-state index < -0.39 is 0 Å². The molecule has 2 aliphatic rings. The Bertz CT molecular complexity index is 576. The van der Waals surface area contributed by atoms with E-state index in [9.17, 15) is 9.18 Å². The highest BCUT2D eigenvalue weighted by atomic mass is 19.1. The highest BCUT2D eigenvalue weighted by Crippen LogP contribution is 2.17. The Kier molecular flexibility index (Phi) is 6.26. The predicted molar refractivity (Wildman–Crippen MR) is 95.2 cm³/mol. The lowest BCUT2D eigenvalue weighted by atomic mass is 10.0. The summed E-state index contributed by atoms with van der Waals surface area (Å²) in [7, 11) is 2.22. The Hall–Kier alpha value is -1.66. The fourth-order valence-electron chi connectivity index (χ4n) is 3.65. The van der Waals surface area contributed by atoms with E-state index in [2.05, 4.69) is 16.8 Å². The van der Waals surface area contributed by atoms with Gasteiger partial charge in [-0.25, -0.2) is 4.39 Å². The predicted octanol–water partition coefficient (Wildman–Crippen LogP) is 1.83. The van der Waals surface area contributed by atoms with Crippen molar-refractivity contribution in [2.45, 2.75) is 25.3 Å². The number of piperidine rings is 1. The standard InChI is InChI=1S/C19H28FN3O2/c1-21-8-3-2-6-17(21)14-22-9-11-23(12-10-22)19(24)15-25-18-7-4-5-16(20)13-18/h4-5,7,13,17H,2-3,6,8-12,14-15H2,1H3/t17-/m0/s1. The number of carbonyl (C=O) groups is 1. The van der Waals surface area contributed by atoms with Crippen molar-refractivity contribution in [3.63, 3.8) is 0 Å². The Labute approximate surface area is 149 Å². The second-order valence-electron chi connectivity index (χ2n) is 7.06. The normalized spacial score (nSPS) is 22.8. The first kappa shape index (κ1) is 18.1. The van der Waals surface area contributed by atoms with E-state index in [4.69, 9.17) is 4.74 Å². The van der Waals surface area contributed by atoms with Crippen LogP contribution in [0.25, 0.3) is 0 Å². The minimum absolute atomic E-state index is 0.0290. The van der Waals surface area contributed by atoms with Crippen LogP contribution in [0.5, 0.6) is 5.75 Å². The number of rotatable bonds is 5. The van der Waals surface area contributed by atoms with Crippen molar-refractivity contribution in [3.8, 4) is 5.75 Å². The molecule has 2 heterocycles. The number of amides is 1. The molecule has 1 aromatic carbocycles. The molecule has 1 aromatic rings. The average molecular weight is 349 g/mol. The number of hydrogen-bond donors (Lipinski definition) is 0. The van der Waals surface area contributed by atoms with Gasteiger partial charge in [-0.3, -0.25) is 9.69 Å². The van der Waals surface area contributed by atoms with Crippen LogP contribution in [0.15, 0.2) is 24.3 Å². The summed E-state index contributed by atoms with van der Waals surface area (Å²) in [6, 6.07) is 6.54. The molecule has 25 heavy (non-hydrogen) atoms. The van der Waals surface area contributed by atoms with E-state index in [1.165, 1.54) is 37.9 Å². The monoisotopic (exact) mass is 349 g/mol. The fourth-order valence-corrected chi connectivity index (χ4v) is 3.65. The van der Waals surface area contributed by atoms with Crippen LogP contribution in [0.1, 0.15) is 19.3 Å². The molecule has 0 spiro atoms. The third kappa shape index (κ3) is 5.16. The van der Waals surface area contributed by atoms with Crippen LogP contribution < -0.4 is 4.74 Å². The maximum atomic E-state index is 13.1. The quantitative estimate of drug-likeness (QED) is 0.813. The summed E-state index contributed by atoms with van der Waals surface area (Å²) in [5.41, 5.74) is 0. The Morgan fingerprint density at radius 1 is 1.20 bits per heavy atom. The molecule has 5 nitrogen and oxygen atoms in total. The van der Waals surface area contributed by atoms with Gasteiger partial charge in [0.25, 0.3) is 5.91 Å². The second kappa shape index (κ2) is 8.63. The maximum absolute atomic E-state index is 13.1. The molecule has 6 heteroatoms. The summed E-state index contributed by atoms with van der Waals surface area (Å²) in [5.74, 6) is 0.0114. The zero-order valence-corrected chi connectivity index (χ0v) is 15.0. The number of likely N-dealkylation sites (tertiary alicyclic amines) is 1. The van der Waals surface area contributed by atoms with Crippen LogP contribution in [0.3, 0.4) is 0 Å². The first-order chi connectivity index (χ1) is 12.1. The van der Waals surface area contributed by atoms with Gasteiger partial charge >= 0.3 is 0 Å². The lowest BCUT2D eigenvalue weighted by Gasteiger charge is -2.40. The number of nitrogens with zero attached hydrogens (tertiary/aromatic N) is 3. The zero-order valence-electron chi connectivity index (χ0n) is 15.0. The number of piperazine rings is 1. The van der Waals surface area contributed by atoms with Crippen molar-refractivity contribution >= 4 is 5.91 Å². The van der Waals surface area contributed by atoms with Crippen molar-refractivity contribution in [2.75, 3.05) is 52.9 Å². The lowest BCUT2D eigenvalue weighted by Crippen LogP contribution is -2.53. The van der Waals surface area contributed by atoms with E-state index in [1.807, 2.05) is 4.90 Å². The van der Waals surface area contributed by atoms with E-state index in [0.29, 0.717) is 11.8 Å². The largest absolute Gasteiger partial charge is 0.484 e. The lowest BCUT2D eigenvalue weighted by molar-refractivity contribution is -0.135. The molecule has 0 radical (unpaired) electrons. The van der Waals surface area contributed by atoms with Gasteiger partial charge in [-0.2, -0.15) is 0 Å². The Balaban J connectivity index is 1.40. The van der Waals surface area contributed by atoms with Crippen molar-refractivity contribution in [2.24, 2.45) is 0 Å². The van der Waals surface area contributed by atoms with Gasteiger partial charge in [-0.1, -0.05) is 12.5 Å². The number of ether oxygens (including phenoxy) is 1. The molecule has 1 amide bonds. The van der Waals surface area contributed by atoms with Gasteiger partial charge in [0.1, 0.15) is 11.6 Å². The number of hydrogen-bond acceptors (Lipinski definition) is 4. The summed E-state index contributed by atoms with van der Waals surface area (Å²) in [6.07, 6.45) is 3.91. The van der Waals surface area contributed by atoms with Crippen LogP contribution >= 0.6 is 0 Å². The van der Waals surface area contributed by atoms with Gasteiger partial charge in [-0.05, 0) is 38.6 Å². The smallest absolute Gasteiger partial charge is 0.260 e. The molecular weight excluding hydrogens is 321 g/mol. The van der Waals surface area contributed by atoms with Crippen molar-refractivity contribution < 1.29 is 13.9 Å². The summed E-state index contributed by atoms with van der Waals surface area (Å²) < 4.78 is 18.5. The number of benzene rings is 1. The van der Waals surface area contributed by atoms with Gasteiger partial charge in [0.2, 0.25) is 0 Å². The van der Waals surface area contributed by atoms with Crippen LogP contribution in [-0.2, 0) is 4.79 Å². The summed E-state index contributed by atoms with van der Waals surface area (Å²) in [6.45, 7) is 5.56. The van der Waals surface area contributed by atoms with Crippen molar-refractivity contribution in [3.05, 3.63) is 30.1 Å². The highest BCUT2D eigenvalue weighted by Gasteiger charge is 2.26. The van der Waals surface area contributed by atoms with Crippen molar-refractivity contribution in [1.29, 1.82) is 0 Å².